The van der Waals surface area contributed by atoms with Crippen molar-refractivity contribution in [2.75, 3.05) is 4.72 Å². The molecule has 0 radical (unpaired) electrons. The van der Waals surface area contributed by atoms with Crippen LogP contribution in [-0.2, 0) is 10.0 Å². The molecule has 0 spiro atoms. The predicted octanol–water partition coefficient (Wildman–Crippen LogP) is 3.78. The van der Waals surface area contributed by atoms with Crippen molar-refractivity contribution in [2.24, 2.45) is 0 Å². The molecule has 0 unspecified atom stereocenters. The first kappa shape index (κ1) is 13.6. The molecule has 0 heterocycles. The van der Waals surface area contributed by atoms with Crippen molar-refractivity contribution in [3.63, 3.8) is 0 Å². The molecule has 0 saturated heterocycles. The van der Waals surface area contributed by atoms with Gasteiger partial charge in [-0.3, -0.25) is 4.72 Å². The smallest absolute Gasteiger partial charge is 0.262 e. The molecule has 0 fully saturated rings. The highest BCUT2D eigenvalue weighted by Gasteiger charge is 2.17. The average molecular weight is 301 g/mol. The minimum atomic E-state index is -3.73. The molecule has 5 heteroatoms. The van der Waals surface area contributed by atoms with E-state index in [1.54, 1.807) is 24.3 Å². The van der Waals surface area contributed by atoms with Gasteiger partial charge in [0.1, 0.15) is 5.82 Å². The maximum absolute atomic E-state index is 12.9. The molecular formula is C16H12FNO2S. The van der Waals surface area contributed by atoms with Crippen molar-refractivity contribution in [2.45, 2.75) is 4.90 Å². The maximum Gasteiger partial charge on any atom is 0.262 e. The Morgan fingerprint density at radius 3 is 2.24 bits per heavy atom. The molecule has 3 rings (SSSR count). The summed E-state index contributed by atoms with van der Waals surface area (Å²) in [6.45, 7) is 0. The number of nitrogens with one attached hydrogen (secondary N) is 1. The van der Waals surface area contributed by atoms with Gasteiger partial charge < -0.3 is 0 Å². The number of fused-ring (bicyclic) bond motifs is 1. The highest BCUT2D eigenvalue weighted by Crippen LogP contribution is 2.24. The van der Waals surface area contributed by atoms with Crippen molar-refractivity contribution in [3.8, 4) is 0 Å². The molecule has 3 aromatic rings. The van der Waals surface area contributed by atoms with E-state index >= 15 is 0 Å². The van der Waals surface area contributed by atoms with Crippen molar-refractivity contribution in [3.05, 3.63) is 72.5 Å². The number of halogens is 1. The second-order valence-corrected chi connectivity index (χ2v) is 6.24. The van der Waals surface area contributed by atoms with Gasteiger partial charge in [0, 0.05) is 11.1 Å². The minimum absolute atomic E-state index is 0.199. The van der Waals surface area contributed by atoms with Crippen molar-refractivity contribution >= 4 is 26.5 Å². The fourth-order valence-corrected chi connectivity index (χ4v) is 3.45. The summed E-state index contributed by atoms with van der Waals surface area (Å²) in [4.78, 5) is 0.199. The van der Waals surface area contributed by atoms with Crippen LogP contribution in [0.1, 0.15) is 0 Å². The van der Waals surface area contributed by atoms with E-state index in [-0.39, 0.29) is 4.90 Å². The fourth-order valence-electron chi connectivity index (χ4n) is 2.16. The first-order valence-electron chi connectivity index (χ1n) is 6.32. The summed E-state index contributed by atoms with van der Waals surface area (Å²) in [6.07, 6.45) is 0. The Bertz CT molecular complexity index is 884. The van der Waals surface area contributed by atoms with Crippen LogP contribution in [0.4, 0.5) is 10.1 Å². The van der Waals surface area contributed by atoms with Crippen LogP contribution in [0.2, 0.25) is 0 Å². The van der Waals surface area contributed by atoms with Gasteiger partial charge in [-0.15, -0.1) is 0 Å². The third-order valence-corrected chi connectivity index (χ3v) is 4.58. The van der Waals surface area contributed by atoms with E-state index < -0.39 is 15.8 Å². The molecule has 0 aliphatic heterocycles. The van der Waals surface area contributed by atoms with Crippen LogP contribution in [0.5, 0.6) is 0 Å². The van der Waals surface area contributed by atoms with E-state index in [4.69, 9.17) is 0 Å². The largest absolute Gasteiger partial charge is 0.280 e. The quantitative estimate of drug-likeness (QED) is 0.800. The van der Waals surface area contributed by atoms with Crippen LogP contribution in [0, 0.1) is 5.82 Å². The lowest BCUT2D eigenvalue weighted by Gasteiger charge is -2.10. The Morgan fingerprint density at radius 1 is 0.810 bits per heavy atom. The van der Waals surface area contributed by atoms with Crippen LogP contribution in [0.15, 0.2) is 71.6 Å². The lowest BCUT2D eigenvalue weighted by Crippen LogP contribution is -2.13. The molecule has 0 atom stereocenters. The molecule has 21 heavy (non-hydrogen) atoms. The number of hydrogen-bond donors (Lipinski definition) is 1. The summed E-state index contributed by atoms with van der Waals surface area (Å²) in [5, 5.41) is 1.49. The van der Waals surface area contributed by atoms with Gasteiger partial charge in [0.25, 0.3) is 10.0 Å². The first-order valence-corrected chi connectivity index (χ1v) is 7.81. The molecule has 0 amide bonds. The number of hydrogen-bond acceptors (Lipinski definition) is 2. The molecule has 3 nitrogen and oxygen atoms in total. The Labute approximate surface area is 122 Å². The van der Waals surface area contributed by atoms with Crippen LogP contribution in [-0.4, -0.2) is 8.42 Å². The highest BCUT2D eigenvalue weighted by molar-refractivity contribution is 7.93. The van der Waals surface area contributed by atoms with E-state index in [1.165, 1.54) is 24.3 Å². The SMILES string of the molecule is O=S(=O)(Nc1ccc(F)cc1)c1cccc2ccccc12. The Morgan fingerprint density at radius 2 is 1.48 bits per heavy atom. The van der Waals surface area contributed by atoms with Crippen LogP contribution < -0.4 is 4.72 Å². The van der Waals surface area contributed by atoms with E-state index in [9.17, 15) is 12.8 Å². The van der Waals surface area contributed by atoms with Gasteiger partial charge in [-0.1, -0.05) is 36.4 Å². The van der Waals surface area contributed by atoms with E-state index in [1.807, 2.05) is 18.2 Å². The first-order chi connectivity index (χ1) is 10.1. The standard InChI is InChI=1S/C16H12FNO2S/c17-13-8-10-14(11-9-13)18-21(19,20)16-7-3-5-12-4-1-2-6-15(12)16/h1-11,18H. The van der Waals surface area contributed by atoms with Gasteiger partial charge in [-0.25, -0.2) is 12.8 Å². The summed E-state index contributed by atoms with van der Waals surface area (Å²) >= 11 is 0. The molecule has 106 valence electrons. The molecule has 0 bridgehead atoms. The van der Waals surface area contributed by atoms with Gasteiger partial charge in [-0.2, -0.15) is 0 Å². The summed E-state index contributed by atoms with van der Waals surface area (Å²) in [6, 6.07) is 17.5. The zero-order chi connectivity index (χ0) is 14.9. The van der Waals surface area contributed by atoms with Crippen LogP contribution in [0.25, 0.3) is 10.8 Å². The number of benzene rings is 3. The van der Waals surface area contributed by atoms with Gasteiger partial charge in [0.05, 0.1) is 4.90 Å². The summed E-state index contributed by atoms with van der Waals surface area (Å²) < 4.78 is 40.3. The third-order valence-electron chi connectivity index (χ3n) is 3.14. The van der Waals surface area contributed by atoms with E-state index in [0.29, 0.717) is 11.1 Å². The number of rotatable bonds is 3. The van der Waals surface area contributed by atoms with Crippen molar-refractivity contribution in [1.82, 2.24) is 0 Å². The molecular weight excluding hydrogens is 289 g/mol. The zero-order valence-electron chi connectivity index (χ0n) is 11.0. The van der Waals surface area contributed by atoms with E-state index in [2.05, 4.69) is 4.72 Å². The molecule has 0 aliphatic carbocycles. The van der Waals surface area contributed by atoms with Gasteiger partial charge in [0.15, 0.2) is 0 Å². The molecule has 0 saturated carbocycles. The van der Waals surface area contributed by atoms with Crippen molar-refractivity contribution < 1.29 is 12.8 Å². The zero-order valence-corrected chi connectivity index (χ0v) is 11.8. The van der Waals surface area contributed by atoms with Crippen molar-refractivity contribution in [1.29, 1.82) is 0 Å². The van der Waals surface area contributed by atoms with Gasteiger partial charge in [0.2, 0.25) is 0 Å². The van der Waals surface area contributed by atoms with Gasteiger partial charge >= 0.3 is 0 Å². The second-order valence-electron chi connectivity index (χ2n) is 4.59. The van der Waals surface area contributed by atoms with Gasteiger partial charge in [-0.05, 0) is 35.7 Å². The number of anilines is 1. The highest BCUT2D eigenvalue weighted by atomic mass is 32.2. The minimum Gasteiger partial charge on any atom is -0.280 e. The van der Waals surface area contributed by atoms with Crippen LogP contribution >= 0.6 is 0 Å². The predicted molar refractivity (Wildman–Crippen MR) is 81.2 cm³/mol. The lowest BCUT2D eigenvalue weighted by atomic mass is 10.1. The topological polar surface area (TPSA) is 46.2 Å². The lowest BCUT2D eigenvalue weighted by molar-refractivity contribution is 0.602. The second kappa shape index (κ2) is 5.18. The summed E-state index contributed by atoms with van der Waals surface area (Å²) in [5.41, 5.74) is 0.323. The third kappa shape index (κ3) is 2.73. The average Bonchev–Trinajstić information content (AvgIpc) is 2.49. The Hall–Kier alpha value is -2.40. The van der Waals surface area contributed by atoms with E-state index in [0.717, 1.165) is 5.39 Å². The number of sulfonamides is 1. The Kier molecular flexibility index (Phi) is 3.35. The van der Waals surface area contributed by atoms with Crippen LogP contribution in [0.3, 0.4) is 0 Å². The normalized spacial score (nSPS) is 11.5. The molecule has 0 aromatic heterocycles. The fraction of sp³-hybridized carbons (Fsp3) is 0. The maximum atomic E-state index is 12.9. The summed E-state index contributed by atoms with van der Waals surface area (Å²) in [5.74, 6) is -0.414. The Balaban J connectivity index is 2.06. The molecule has 3 aromatic carbocycles. The summed E-state index contributed by atoms with van der Waals surface area (Å²) in [7, 11) is -3.73. The molecule has 1 N–H and O–H groups in total. The molecule has 0 aliphatic rings. The monoisotopic (exact) mass is 301 g/mol.